The summed E-state index contributed by atoms with van der Waals surface area (Å²) in [5.41, 5.74) is 1.91. The molecule has 0 aliphatic carbocycles. The first-order valence-electron chi connectivity index (χ1n) is 6.49. The lowest BCUT2D eigenvalue weighted by molar-refractivity contribution is -0.120. The minimum Gasteiger partial charge on any atom is -0.361 e. The van der Waals surface area contributed by atoms with Gasteiger partial charge in [0.1, 0.15) is 5.76 Å². The van der Waals surface area contributed by atoms with Crippen molar-refractivity contribution in [1.82, 2.24) is 15.8 Å². The zero-order chi connectivity index (χ0) is 13.5. The Labute approximate surface area is 108 Å². The van der Waals surface area contributed by atoms with Gasteiger partial charge in [-0.25, -0.2) is 0 Å². The standard InChI is InChI=1S/C13H23N3O2/c1-5-6-7-14-12(17)8-15-9(2)13-10(3)16-18-11(13)4/h9,15H,5-8H2,1-4H3,(H,14,17). The summed E-state index contributed by atoms with van der Waals surface area (Å²) in [5.74, 6) is 0.834. The Hall–Kier alpha value is -1.36. The van der Waals surface area contributed by atoms with Crippen LogP contribution in [0.3, 0.4) is 0 Å². The third-order valence-corrected chi connectivity index (χ3v) is 2.94. The van der Waals surface area contributed by atoms with Crippen LogP contribution in [-0.4, -0.2) is 24.2 Å². The van der Waals surface area contributed by atoms with Crippen molar-refractivity contribution in [3.63, 3.8) is 0 Å². The molecule has 2 N–H and O–H groups in total. The van der Waals surface area contributed by atoms with Crippen molar-refractivity contribution >= 4 is 5.91 Å². The van der Waals surface area contributed by atoms with Crippen LogP contribution in [0.2, 0.25) is 0 Å². The van der Waals surface area contributed by atoms with E-state index in [0.29, 0.717) is 6.54 Å². The van der Waals surface area contributed by atoms with Gasteiger partial charge in [-0.1, -0.05) is 18.5 Å². The molecule has 1 aromatic rings. The van der Waals surface area contributed by atoms with Gasteiger partial charge in [0, 0.05) is 18.2 Å². The molecule has 5 nitrogen and oxygen atoms in total. The second-order valence-electron chi connectivity index (χ2n) is 4.54. The molecule has 18 heavy (non-hydrogen) atoms. The summed E-state index contributed by atoms with van der Waals surface area (Å²) < 4.78 is 5.11. The van der Waals surface area contributed by atoms with Gasteiger partial charge in [0.2, 0.25) is 5.91 Å². The number of nitrogens with one attached hydrogen (secondary N) is 2. The third-order valence-electron chi connectivity index (χ3n) is 2.94. The molecule has 1 aromatic heterocycles. The minimum atomic E-state index is 0.0297. The highest BCUT2D eigenvalue weighted by molar-refractivity contribution is 5.78. The van der Waals surface area contributed by atoms with Gasteiger partial charge in [-0.15, -0.1) is 0 Å². The van der Waals surface area contributed by atoms with E-state index in [0.717, 1.165) is 36.4 Å². The van der Waals surface area contributed by atoms with Crippen LogP contribution < -0.4 is 10.6 Å². The largest absolute Gasteiger partial charge is 0.361 e. The summed E-state index contributed by atoms with van der Waals surface area (Å²) in [7, 11) is 0. The van der Waals surface area contributed by atoms with Gasteiger partial charge in [-0.3, -0.25) is 4.79 Å². The van der Waals surface area contributed by atoms with Gasteiger partial charge < -0.3 is 15.2 Å². The molecule has 0 fully saturated rings. The highest BCUT2D eigenvalue weighted by atomic mass is 16.5. The minimum absolute atomic E-state index is 0.0297. The van der Waals surface area contributed by atoms with Crippen LogP contribution in [0.25, 0.3) is 0 Å². The van der Waals surface area contributed by atoms with Crippen molar-refractivity contribution in [2.45, 2.75) is 46.6 Å². The number of unbranched alkanes of at least 4 members (excludes halogenated alkanes) is 1. The maximum absolute atomic E-state index is 11.5. The average Bonchev–Trinajstić information content (AvgIpc) is 2.66. The normalized spacial score (nSPS) is 12.4. The van der Waals surface area contributed by atoms with Gasteiger partial charge in [-0.2, -0.15) is 0 Å². The second-order valence-corrected chi connectivity index (χ2v) is 4.54. The van der Waals surface area contributed by atoms with Crippen LogP contribution in [0.15, 0.2) is 4.52 Å². The Morgan fingerprint density at radius 1 is 1.44 bits per heavy atom. The number of aromatic nitrogens is 1. The number of hydrogen-bond donors (Lipinski definition) is 2. The molecular formula is C13H23N3O2. The first-order chi connectivity index (χ1) is 8.56. The van der Waals surface area contributed by atoms with E-state index in [4.69, 9.17) is 4.52 Å². The molecule has 1 heterocycles. The van der Waals surface area contributed by atoms with E-state index < -0.39 is 0 Å². The molecule has 0 aromatic carbocycles. The second kappa shape index (κ2) is 7.16. The van der Waals surface area contributed by atoms with Crippen molar-refractivity contribution < 1.29 is 9.32 Å². The third kappa shape index (κ3) is 4.14. The Bertz CT molecular complexity index is 368. The lowest BCUT2D eigenvalue weighted by Crippen LogP contribution is -2.35. The average molecular weight is 253 g/mol. The van der Waals surface area contributed by atoms with E-state index in [1.807, 2.05) is 20.8 Å². The first kappa shape index (κ1) is 14.7. The van der Waals surface area contributed by atoms with Crippen LogP contribution >= 0.6 is 0 Å². The highest BCUT2D eigenvalue weighted by Gasteiger charge is 2.16. The van der Waals surface area contributed by atoms with Gasteiger partial charge in [-0.05, 0) is 27.2 Å². The monoisotopic (exact) mass is 253 g/mol. The number of aryl methyl sites for hydroxylation is 2. The summed E-state index contributed by atoms with van der Waals surface area (Å²) in [6.45, 7) is 8.96. The van der Waals surface area contributed by atoms with Crippen molar-refractivity contribution in [3.05, 3.63) is 17.0 Å². The predicted molar refractivity (Wildman–Crippen MR) is 70.3 cm³/mol. The van der Waals surface area contributed by atoms with E-state index in [1.165, 1.54) is 0 Å². The van der Waals surface area contributed by atoms with Gasteiger partial charge in [0.15, 0.2) is 0 Å². The number of carbonyl (C=O) groups is 1. The topological polar surface area (TPSA) is 67.2 Å². The molecule has 0 aliphatic heterocycles. The van der Waals surface area contributed by atoms with E-state index >= 15 is 0 Å². The summed E-state index contributed by atoms with van der Waals surface area (Å²) >= 11 is 0. The summed E-state index contributed by atoms with van der Waals surface area (Å²) in [5, 5.41) is 9.96. The molecule has 1 unspecified atom stereocenters. The van der Waals surface area contributed by atoms with Crippen LogP contribution in [0.5, 0.6) is 0 Å². The van der Waals surface area contributed by atoms with Crippen LogP contribution in [0.4, 0.5) is 0 Å². The maximum Gasteiger partial charge on any atom is 0.233 e. The van der Waals surface area contributed by atoms with Gasteiger partial charge >= 0.3 is 0 Å². The lowest BCUT2D eigenvalue weighted by Gasteiger charge is -2.13. The predicted octanol–water partition coefficient (Wildman–Crippen LogP) is 1.86. The number of nitrogens with zero attached hydrogens (tertiary/aromatic N) is 1. The highest BCUT2D eigenvalue weighted by Crippen LogP contribution is 2.20. The molecule has 1 atom stereocenters. The molecule has 102 valence electrons. The molecular weight excluding hydrogens is 230 g/mol. The fraction of sp³-hybridized carbons (Fsp3) is 0.692. The zero-order valence-corrected chi connectivity index (χ0v) is 11.7. The Balaban J connectivity index is 2.37. The van der Waals surface area contributed by atoms with Crippen molar-refractivity contribution in [2.24, 2.45) is 0 Å². The molecule has 0 radical (unpaired) electrons. The smallest absolute Gasteiger partial charge is 0.233 e. The van der Waals surface area contributed by atoms with E-state index in [9.17, 15) is 4.79 Å². The fourth-order valence-corrected chi connectivity index (χ4v) is 1.92. The summed E-state index contributed by atoms with van der Waals surface area (Å²) in [6.07, 6.45) is 2.11. The van der Waals surface area contributed by atoms with Crippen molar-refractivity contribution in [1.29, 1.82) is 0 Å². The van der Waals surface area contributed by atoms with Crippen LogP contribution in [0, 0.1) is 13.8 Å². The Morgan fingerprint density at radius 3 is 2.72 bits per heavy atom. The number of amides is 1. The Morgan fingerprint density at radius 2 is 2.17 bits per heavy atom. The molecule has 0 saturated heterocycles. The lowest BCUT2D eigenvalue weighted by atomic mass is 10.1. The van der Waals surface area contributed by atoms with Crippen LogP contribution in [0.1, 0.15) is 49.7 Å². The van der Waals surface area contributed by atoms with E-state index in [2.05, 4.69) is 22.7 Å². The van der Waals surface area contributed by atoms with E-state index in [-0.39, 0.29) is 11.9 Å². The number of carbonyl (C=O) groups excluding carboxylic acids is 1. The Kier molecular flexibility index (Phi) is 5.85. The van der Waals surface area contributed by atoms with Gasteiger partial charge in [0.05, 0.1) is 12.2 Å². The molecule has 1 rings (SSSR count). The van der Waals surface area contributed by atoms with Gasteiger partial charge in [0.25, 0.3) is 0 Å². The van der Waals surface area contributed by atoms with Crippen molar-refractivity contribution in [3.8, 4) is 0 Å². The van der Waals surface area contributed by atoms with Crippen molar-refractivity contribution in [2.75, 3.05) is 13.1 Å². The molecule has 0 spiro atoms. The molecule has 0 saturated carbocycles. The number of hydrogen-bond acceptors (Lipinski definition) is 4. The quantitative estimate of drug-likeness (QED) is 0.728. The summed E-state index contributed by atoms with van der Waals surface area (Å²) in [6, 6.07) is 0.0631. The molecule has 1 amide bonds. The first-order valence-corrected chi connectivity index (χ1v) is 6.49. The summed E-state index contributed by atoms with van der Waals surface area (Å²) in [4.78, 5) is 11.5. The maximum atomic E-state index is 11.5. The SMILES string of the molecule is CCCCNC(=O)CNC(C)c1c(C)noc1C. The van der Waals surface area contributed by atoms with E-state index in [1.54, 1.807) is 0 Å². The number of rotatable bonds is 7. The molecule has 0 aliphatic rings. The molecule has 0 bridgehead atoms. The van der Waals surface area contributed by atoms with Crippen LogP contribution in [-0.2, 0) is 4.79 Å². The zero-order valence-electron chi connectivity index (χ0n) is 11.7. The fourth-order valence-electron chi connectivity index (χ4n) is 1.92. The molecule has 5 heteroatoms.